The molecule has 2 heterocycles. The Hall–Kier alpha value is -3.83. The zero-order chi connectivity index (χ0) is 22.8. The molecule has 4 rings (SSSR count). The molecule has 0 radical (unpaired) electrons. The largest absolute Gasteiger partial charge is 0.333 e. The van der Waals surface area contributed by atoms with E-state index >= 15 is 0 Å². The summed E-state index contributed by atoms with van der Waals surface area (Å²) in [4.78, 5) is 39.1. The molecule has 2 aromatic carbocycles. The fourth-order valence-corrected chi connectivity index (χ4v) is 4.54. The molecule has 1 aromatic heterocycles. The highest BCUT2D eigenvalue weighted by atomic mass is 32.2. The molecule has 1 aliphatic heterocycles. The lowest BCUT2D eigenvalue weighted by molar-refractivity contribution is -0.127. The summed E-state index contributed by atoms with van der Waals surface area (Å²) in [5.41, 5.74) is 4.10. The van der Waals surface area contributed by atoms with E-state index in [4.69, 9.17) is 5.26 Å². The van der Waals surface area contributed by atoms with Gasteiger partial charge in [-0.3, -0.25) is 19.3 Å². The zero-order valence-electron chi connectivity index (χ0n) is 17.6. The Morgan fingerprint density at radius 3 is 2.56 bits per heavy atom. The van der Waals surface area contributed by atoms with Crippen molar-refractivity contribution in [3.05, 3.63) is 70.3 Å². The van der Waals surface area contributed by atoms with Gasteiger partial charge in [-0.1, -0.05) is 36.4 Å². The van der Waals surface area contributed by atoms with Crippen molar-refractivity contribution in [3.8, 4) is 6.07 Å². The number of benzene rings is 2. The van der Waals surface area contributed by atoms with E-state index in [1.807, 2.05) is 56.3 Å². The highest BCUT2D eigenvalue weighted by Crippen LogP contribution is 2.34. The SMILES string of the molecule is Cc1cccc(C)c1NC(=O)CN1C(=O)S/C(=C\c2cn(CC#N)c3ccccc23)C1=O. The molecule has 0 atom stereocenters. The molecule has 7 nitrogen and oxygen atoms in total. The van der Waals surface area contributed by atoms with Crippen LogP contribution in [-0.4, -0.2) is 33.1 Å². The van der Waals surface area contributed by atoms with Crippen molar-refractivity contribution in [2.45, 2.75) is 20.4 Å². The van der Waals surface area contributed by atoms with Crippen LogP contribution in [0, 0.1) is 25.2 Å². The molecule has 0 saturated carbocycles. The predicted octanol–water partition coefficient (Wildman–Crippen LogP) is 4.46. The number of nitriles is 1. The van der Waals surface area contributed by atoms with E-state index in [9.17, 15) is 14.4 Å². The topological polar surface area (TPSA) is 95.2 Å². The highest BCUT2D eigenvalue weighted by Gasteiger charge is 2.36. The van der Waals surface area contributed by atoms with E-state index in [-0.39, 0.29) is 18.0 Å². The van der Waals surface area contributed by atoms with Crippen molar-refractivity contribution in [3.63, 3.8) is 0 Å². The van der Waals surface area contributed by atoms with Crippen molar-refractivity contribution < 1.29 is 14.4 Å². The van der Waals surface area contributed by atoms with Gasteiger partial charge in [-0.15, -0.1) is 0 Å². The van der Waals surface area contributed by atoms with Crippen LogP contribution in [-0.2, 0) is 16.1 Å². The monoisotopic (exact) mass is 444 g/mol. The number of hydrogen-bond donors (Lipinski definition) is 1. The number of fused-ring (bicyclic) bond motifs is 1. The van der Waals surface area contributed by atoms with Gasteiger partial charge < -0.3 is 9.88 Å². The van der Waals surface area contributed by atoms with E-state index in [2.05, 4.69) is 11.4 Å². The van der Waals surface area contributed by atoms with Gasteiger partial charge in [0.2, 0.25) is 5.91 Å². The second-order valence-corrected chi connectivity index (χ2v) is 8.46. The van der Waals surface area contributed by atoms with Gasteiger partial charge in [-0.05, 0) is 48.9 Å². The van der Waals surface area contributed by atoms with E-state index < -0.39 is 17.1 Å². The summed E-state index contributed by atoms with van der Waals surface area (Å²) in [5.74, 6) is -0.939. The van der Waals surface area contributed by atoms with Crippen molar-refractivity contribution >= 4 is 51.5 Å². The second kappa shape index (κ2) is 8.73. The van der Waals surface area contributed by atoms with Gasteiger partial charge in [-0.25, -0.2) is 0 Å². The number of aromatic nitrogens is 1. The number of hydrogen-bond acceptors (Lipinski definition) is 5. The summed E-state index contributed by atoms with van der Waals surface area (Å²) in [6.45, 7) is 3.59. The lowest BCUT2D eigenvalue weighted by Crippen LogP contribution is -2.36. The second-order valence-electron chi connectivity index (χ2n) is 7.47. The Balaban J connectivity index is 1.56. The van der Waals surface area contributed by atoms with Gasteiger partial charge in [0.15, 0.2) is 0 Å². The average molecular weight is 445 g/mol. The number of thioether (sulfide) groups is 1. The third kappa shape index (κ3) is 4.03. The van der Waals surface area contributed by atoms with Crippen LogP contribution in [0.3, 0.4) is 0 Å². The molecule has 1 N–H and O–H groups in total. The van der Waals surface area contributed by atoms with Crippen LogP contribution in [0.1, 0.15) is 16.7 Å². The van der Waals surface area contributed by atoms with Gasteiger partial charge in [0.25, 0.3) is 11.1 Å². The number of aryl methyl sites for hydroxylation is 2. The molecule has 32 heavy (non-hydrogen) atoms. The minimum absolute atomic E-state index is 0.175. The van der Waals surface area contributed by atoms with Gasteiger partial charge in [0.05, 0.1) is 11.0 Å². The number of carbonyl (C=O) groups excluding carboxylic acids is 3. The number of nitrogens with one attached hydrogen (secondary N) is 1. The minimum atomic E-state index is -0.506. The number of amides is 3. The van der Waals surface area contributed by atoms with Crippen LogP contribution >= 0.6 is 11.8 Å². The summed E-state index contributed by atoms with van der Waals surface area (Å²) in [6, 6.07) is 15.3. The molecule has 3 amide bonds. The van der Waals surface area contributed by atoms with Gasteiger partial charge in [0, 0.05) is 28.4 Å². The first-order valence-electron chi connectivity index (χ1n) is 9.95. The zero-order valence-corrected chi connectivity index (χ0v) is 18.4. The maximum Gasteiger partial charge on any atom is 0.294 e. The number of anilines is 1. The summed E-state index contributed by atoms with van der Waals surface area (Å²) in [7, 11) is 0. The summed E-state index contributed by atoms with van der Waals surface area (Å²) in [6.07, 6.45) is 3.43. The fourth-order valence-electron chi connectivity index (χ4n) is 3.71. The Labute approximate surface area is 189 Å². The number of para-hydroxylation sites is 2. The Bertz CT molecular complexity index is 1310. The molecule has 160 valence electrons. The van der Waals surface area contributed by atoms with Crippen LogP contribution in [0.5, 0.6) is 0 Å². The number of carbonyl (C=O) groups is 3. The quantitative estimate of drug-likeness (QED) is 0.587. The molecular formula is C24H20N4O3S. The van der Waals surface area contributed by atoms with Crippen LogP contribution < -0.4 is 5.32 Å². The smallest absolute Gasteiger partial charge is 0.294 e. The van der Waals surface area contributed by atoms with E-state index in [1.165, 1.54) is 0 Å². The molecule has 3 aromatic rings. The molecular weight excluding hydrogens is 424 g/mol. The molecule has 8 heteroatoms. The first-order chi connectivity index (χ1) is 15.4. The molecule has 1 aliphatic rings. The maximum atomic E-state index is 12.9. The highest BCUT2D eigenvalue weighted by molar-refractivity contribution is 8.18. The average Bonchev–Trinajstić information content (AvgIpc) is 3.24. The number of imide groups is 1. The normalized spacial score (nSPS) is 14.9. The van der Waals surface area contributed by atoms with Crippen LogP contribution in [0.25, 0.3) is 17.0 Å². The lowest BCUT2D eigenvalue weighted by Gasteiger charge is -2.15. The standard InChI is InChI=1S/C24H20N4O3S/c1-15-6-5-7-16(2)22(15)26-21(29)14-28-23(30)20(32-24(28)31)12-17-13-27(11-10-25)19-9-4-3-8-18(17)19/h3-9,12-13H,11,14H2,1-2H3,(H,26,29)/b20-12-. The lowest BCUT2D eigenvalue weighted by atomic mass is 10.1. The molecule has 0 unspecified atom stereocenters. The number of rotatable bonds is 5. The van der Waals surface area contributed by atoms with Crippen molar-refractivity contribution in [2.24, 2.45) is 0 Å². The minimum Gasteiger partial charge on any atom is -0.333 e. The Morgan fingerprint density at radius 1 is 1.12 bits per heavy atom. The third-order valence-corrected chi connectivity index (χ3v) is 6.18. The maximum absolute atomic E-state index is 12.9. The van der Waals surface area contributed by atoms with Crippen LogP contribution in [0.15, 0.2) is 53.6 Å². The van der Waals surface area contributed by atoms with E-state index in [0.29, 0.717) is 5.69 Å². The Morgan fingerprint density at radius 2 is 1.84 bits per heavy atom. The molecule has 1 fully saturated rings. The summed E-state index contributed by atoms with van der Waals surface area (Å²) in [5, 5.41) is 12.3. The van der Waals surface area contributed by atoms with Gasteiger partial charge >= 0.3 is 0 Å². The van der Waals surface area contributed by atoms with Gasteiger partial charge in [-0.2, -0.15) is 5.26 Å². The Kier molecular flexibility index (Phi) is 5.84. The van der Waals surface area contributed by atoms with Crippen LogP contribution in [0.4, 0.5) is 10.5 Å². The first-order valence-corrected chi connectivity index (χ1v) is 10.8. The predicted molar refractivity (Wildman–Crippen MR) is 125 cm³/mol. The third-order valence-electron chi connectivity index (χ3n) is 5.27. The van der Waals surface area contributed by atoms with Crippen molar-refractivity contribution in [1.29, 1.82) is 5.26 Å². The van der Waals surface area contributed by atoms with Crippen LogP contribution in [0.2, 0.25) is 0 Å². The van der Waals surface area contributed by atoms with Crippen molar-refractivity contribution in [1.82, 2.24) is 9.47 Å². The number of nitrogens with zero attached hydrogens (tertiary/aromatic N) is 3. The van der Waals surface area contributed by atoms with Gasteiger partial charge in [0.1, 0.15) is 13.1 Å². The first kappa shape index (κ1) is 21.4. The molecule has 0 aliphatic carbocycles. The summed E-state index contributed by atoms with van der Waals surface area (Å²) < 4.78 is 1.80. The van der Waals surface area contributed by atoms with Crippen molar-refractivity contribution in [2.75, 3.05) is 11.9 Å². The molecule has 0 bridgehead atoms. The fraction of sp³-hybridized carbons (Fsp3) is 0.167. The summed E-state index contributed by atoms with van der Waals surface area (Å²) >= 11 is 0.807. The van der Waals surface area contributed by atoms with E-state index in [0.717, 1.165) is 44.3 Å². The van der Waals surface area contributed by atoms with E-state index in [1.54, 1.807) is 16.8 Å². The molecule has 0 spiro atoms. The molecule has 1 saturated heterocycles.